The number of aromatic nitrogens is 3. The molecule has 0 saturated carbocycles. The highest BCUT2D eigenvalue weighted by Crippen LogP contribution is 2.28. The van der Waals surface area contributed by atoms with Gasteiger partial charge in [-0.05, 0) is 55.9 Å². The lowest BCUT2D eigenvalue weighted by atomic mass is 9.90. The monoisotopic (exact) mass is 565 g/mol. The quantitative estimate of drug-likeness (QED) is 0.139. The fourth-order valence-corrected chi connectivity index (χ4v) is 4.97. The molecule has 42 heavy (non-hydrogen) atoms. The van der Waals surface area contributed by atoms with Gasteiger partial charge in [0.2, 0.25) is 17.8 Å². The predicted molar refractivity (Wildman–Crippen MR) is 168 cm³/mol. The van der Waals surface area contributed by atoms with Crippen molar-refractivity contribution in [2.75, 3.05) is 47.7 Å². The third-order valence-electron chi connectivity index (χ3n) is 7.25. The van der Waals surface area contributed by atoms with E-state index in [0.29, 0.717) is 29.1 Å². The van der Waals surface area contributed by atoms with Gasteiger partial charge in [-0.15, -0.1) is 0 Å². The van der Waals surface area contributed by atoms with Crippen molar-refractivity contribution in [1.29, 1.82) is 0 Å². The Morgan fingerprint density at radius 3 is 2.40 bits per heavy atom. The van der Waals surface area contributed by atoms with Gasteiger partial charge < -0.3 is 15.1 Å². The molecule has 0 atom stereocenters. The number of benzene rings is 3. The van der Waals surface area contributed by atoms with E-state index in [2.05, 4.69) is 61.0 Å². The van der Waals surface area contributed by atoms with E-state index in [-0.39, 0.29) is 11.6 Å². The summed E-state index contributed by atoms with van der Waals surface area (Å²) in [6.45, 7) is 3.72. The minimum atomic E-state index is -0.398. The molecule has 11 nitrogen and oxygen atoms in total. The fourth-order valence-electron chi connectivity index (χ4n) is 4.97. The maximum Gasteiger partial charge on any atom is 0.293 e. The molecule has 3 aromatic carbocycles. The summed E-state index contributed by atoms with van der Waals surface area (Å²) in [5, 5.41) is 19.1. The molecule has 0 spiro atoms. The number of aryl methyl sites for hydroxylation is 1. The highest BCUT2D eigenvalue weighted by molar-refractivity contribution is 5.83. The molecule has 1 fully saturated rings. The Labute approximate surface area is 245 Å². The number of piperidine rings is 1. The van der Waals surface area contributed by atoms with Crippen molar-refractivity contribution in [3.05, 3.63) is 99.6 Å². The van der Waals surface area contributed by atoms with Crippen LogP contribution < -0.4 is 20.5 Å². The van der Waals surface area contributed by atoms with Gasteiger partial charge in [0, 0.05) is 44.5 Å². The lowest BCUT2D eigenvalue weighted by Crippen LogP contribution is -2.35. The molecule has 1 aliphatic heterocycles. The standard InChI is InChI=1S/C31H35N9O2/c1-22-9-12-26(13-10-22)33-29-34-30(37-32-21-25-11-14-27(38(2)3)28(20-25)40(41)42)36-31(35-29)39-17-15-24(16-18-39)19-23-7-5-4-6-8-23/h4-14,20-21,24H,15-19H2,1-3H3,(H2,33,34,35,36,37)/b32-21-. The van der Waals surface area contributed by atoms with Crippen LogP contribution in [0.1, 0.15) is 29.5 Å². The van der Waals surface area contributed by atoms with Gasteiger partial charge in [-0.1, -0.05) is 54.1 Å². The second kappa shape index (κ2) is 13.1. The molecular weight excluding hydrogens is 530 g/mol. The number of nitrogens with zero attached hydrogens (tertiary/aromatic N) is 7. The summed E-state index contributed by atoms with van der Waals surface area (Å²) in [4.78, 5) is 29.0. The van der Waals surface area contributed by atoms with Crippen molar-refractivity contribution in [1.82, 2.24) is 15.0 Å². The van der Waals surface area contributed by atoms with Crippen LogP contribution in [0.15, 0.2) is 77.9 Å². The normalized spacial score (nSPS) is 13.7. The minimum absolute atomic E-state index is 0.00616. The molecule has 2 N–H and O–H groups in total. The molecule has 1 aromatic heterocycles. The first-order valence-corrected chi connectivity index (χ1v) is 14.0. The highest BCUT2D eigenvalue weighted by atomic mass is 16.6. The van der Waals surface area contributed by atoms with Crippen molar-refractivity contribution in [2.24, 2.45) is 11.0 Å². The van der Waals surface area contributed by atoms with Gasteiger partial charge in [0.25, 0.3) is 5.69 Å². The number of anilines is 5. The van der Waals surface area contributed by atoms with Gasteiger partial charge >= 0.3 is 0 Å². The first-order chi connectivity index (χ1) is 20.3. The van der Waals surface area contributed by atoms with Gasteiger partial charge in [0.15, 0.2) is 0 Å². The minimum Gasteiger partial charge on any atom is -0.372 e. The van der Waals surface area contributed by atoms with Gasteiger partial charge in [0.1, 0.15) is 5.69 Å². The predicted octanol–water partition coefficient (Wildman–Crippen LogP) is 5.80. The molecule has 0 aliphatic carbocycles. The summed E-state index contributed by atoms with van der Waals surface area (Å²) < 4.78 is 0. The van der Waals surface area contributed by atoms with Crippen LogP contribution in [0.3, 0.4) is 0 Å². The summed E-state index contributed by atoms with van der Waals surface area (Å²) in [5.74, 6) is 1.86. The molecule has 2 heterocycles. The third-order valence-corrected chi connectivity index (χ3v) is 7.25. The van der Waals surface area contributed by atoms with Crippen LogP contribution in [0, 0.1) is 23.0 Å². The summed E-state index contributed by atoms with van der Waals surface area (Å²) in [6.07, 6.45) is 4.67. The molecule has 5 rings (SSSR count). The fraction of sp³-hybridized carbons (Fsp3) is 0.290. The molecule has 0 radical (unpaired) electrons. The topological polar surface area (TPSA) is 125 Å². The molecule has 216 valence electrons. The second-order valence-electron chi connectivity index (χ2n) is 10.7. The van der Waals surface area contributed by atoms with E-state index in [1.807, 2.05) is 31.2 Å². The maximum absolute atomic E-state index is 11.6. The summed E-state index contributed by atoms with van der Waals surface area (Å²) in [7, 11) is 3.54. The summed E-state index contributed by atoms with van der Waals surface area (Å²) >= 11 is 0. The van der Waals surface area contributed by atoms with E-state index in [1.54, 1.807) is 31.1 Å². The number of nitrogens with one attached hydrogen (secondary N) is 2. The number of hydrogen-bond donors (Lipinski definition) is 2. The van der Waals surface area contributed by atoms with Crippen molar-refractivity contribution >= 4 is 41.1 Å². The van der Waals surface area contributed by atoms with Crippen molar-refractivity contribution < 1.29 is 4.92 Å². The highest BCUT2D eigenvalue weighted by Gasteiger charge is 2.23. The number of nitro groups is 1. The Hall–Kier alpha value is -5.06. The number of hydrazone groups is 1. The zero-order chi connectivity index (χ0) is 29.5. The first-order valence-electron chi connectivity index (χ1n) is 14.0. The zero-order valence-corrected chi connectivity index (χ0v) is 24.1. The van der Waals surface area contributed by atoms with Gasteiger partial charge in [-0.3, -0.25) is 10.1 Å². The van der Waals surface area contributed by atoms with Gasteiger partial charge in [-0.25, -0.2) is 5.43 Å². The molecule has 0 amide bonds. The zero-order valence-electron chi connectivity index (χ0n) is 24.1. The number of hydrogen-bond acceptors (Lipinski definition) is 10. The van der Waals surface area contributed by atoms with Crippen LogP contribution >= 0.6 is 0 Å². The van der Waals surface area contributed by atoms with Crippen molar-refractivity contribution in [2.45, 2.75) is 26.2 Å². The maximum atomic E-state index is 11.6. The Balaban J connectivity index is 1.33. The van der Waals surface area contributed by atoms with E-state index < -0.39 is 4.92 Å². The Morgan fingerprint density at radius 1 is 1.00 bits per heavy atom. The molecule has 4 aromatic rings. The molecule has 1 aliphatic rings. The van der Waals surface area contributed by atoms with Crippen LogP contribution in [0.5, 0.6) is 0 Å². The average Bonchev–Trinajstić information content (AvgIpc) is 2.99. The number of rotatable bonds is 10. The lowest BCUT2D eigenvalue weighted by molar-refractivity contribution is -0.384. The SMILES string of the molecule is Cc1ccc(Nc2nc(N/N=C\c3ccc(N(C)C)c([N+](=O)[O-])c3)nc(N3CCC(Cc4ccccc4)CC3)n2)cc1. The Bertz CT molecular complexity index is 1530. The van der Waals surface area contributed by atoms with Crippen LogP contribution in [-0.2, 0) is 6.42 Å². The molecular formula is C31H35N9O2. The van der Waals surface area contributed by atoms with Crippen LogP contribution in [0.4, 0.5) is 34.9 Å². The van der Waals surface area contributed by atoms with Gasteiger partial charge in [-0.2, -0.15) is 20.1 Å². The smallest absolute Gasteiger partial charge is 0.293 e. The summed E-state index contributed by atoms with van der Waals surface area (Å²) in [6, 6.07) is 23.6. The molecule has 0 unspecified atom stereocenters. The van der Waals surface area contributed by atoms with Crippen LogP contribution in [-0.4, -0.2) is 53.3 Å². The third kappa shape index (κ3) is 7.36. The van der Waals surface area contributed by atoms with E-state index in [4.69, 9.17) is 4.98 Å². The van der Waals surface area contributed by atoms with E-state index >= 15 is 0 Å². The van der Waals surface area contributed by atoms with E-state index in [0.717, 1.165) is 43.6 Å². The summed E-state index contributed by atoms with van der Waals surface area (Å²) in [5.41, 5.74) is 7.39. The largest absolute Gasteiger partial charge is 0.372 e. The molecule has 0 bridgehead atoms. The number of nitro benzene ring substituents is 1. The second-order valence-corrected chi connectivity index (χ2v) is 10.7. The van der Waals surface area contributed by atoms with E-state index in [9.17, 15) is 10.1 Å². The van der Waals surface area contributed by atoms with E-state index in [1.165, 1.54) is 17.8 Å². The Kier molecular flexibility index (Phi) is 8.86. The average molecular weight is 566 g/mol. The van der Waals surface area contributed by atoms with Crippen molar-refractivity contribution in [3.63, 3.8) is 0 Å². The van der Waals surface area contributed by atoms with Crippen molar-refractivity contribution in [3.8, 4) is 0 Å². The van der Waals surface area contributed by atoms with Crippen LogP contribution in [0.2, 0.25) is 0 Å². The lowest BCUT2D eigenvalue weighted by Gasteiger charge is -2.32. The van der Waals surface area contributed by atoms with Crippen LogP contribution in [0.25, 0.3) is 0 Å². The molecule has 11 heteroatoms. The Morgan fingerprint density at radius 2 is 1.71 bits per heavy atom. The van der Waals surface area contributed by atoms with Gasteiger partial charge in [0.05, 0.1) is 11.1 Å². The molecule has 1 saturated heterocycles. The first kappa shape index (κ1) is 28.5.